The molecule has 2 aliphatic rings. The molecule has 0 spiro atoms. The second kappa shape index (κ2) is 14.1. The first-order chi connectivity index (χ1) is 11.7. The van der Waals surface area contributed by atoms with Crippen molar-refractivity contribution in [1.29, 1.82) is 0 Å². The molecule has 0 saturated carbocycles. The summed E-state index contributed by atoms with van der Waals surface area (Å²) in [6.45, 7) is 19.9. The van der Waals surface area contributed by atoms with E-state index in [9.17, 15) is 0 Å². The van der Waals surface area contributed by atoms with Crippen LogP contribution in [0.25, 0.3) is 0 Å². The Morgan fingerprint density at radius 2 is 1.00 bits per heavy atom. The highest BCUT2D eigenvalue weighted by Crippen LogP contribution is 2.11. The van der Waals surface area contributed by atoms with Crippen LogP contribution in [0.3, 0.4) is 0 Å². The maximum atomic E-state index is 5.38. The van der Waals surface area contributed by atoms with Crippen molar-refractivity contribution in [1.82, 2.24) is 9.80 Å². The van der Waals surface area contributed by atoms with Crippen molar-refractivity contribution in [2.24, 2.45) is 11.8 Å². The van der Waals surface area contributed by atoms with Gasteiger partial charge in [0.2, 0.25) is 0 Å². The summed E-state index contributed by atoms with van der Waals surface area (Å²) < 4.78 is 10.8. The second-order valence-electron chi connectivity index (χ2n) is 7.54. The quantitative estimate of drug-likeness (QED) is 0.606. The van der Waals surface area contributed by atoms with Gasteiger partial charge in [0.05, 0.1) is 13.2 Å². The van der Waals surface area contributed by atoms with Crippen molar-refractivity contribution in [3.05, 3.63) is 0 Å². The molecule has 24 heavy (non-hydrogen) atoms. The van der Waals surface area contributed by atoms with E-state index in [-0.39, 0.29) is 0 Å². The number of nitrogens with zero attached hydrogens (tertiary/aromatic N) is 2. The van der Waals surface area contributed by atoms with Crippen molar-refractivity contribution in [2.75, 3.05) is 65.7 Å². The number of rotatable bonds is 10. The van der Waals surface area contributed by atoms with Crippen LogP contribution in [0.4, 0.5) is 0 Å². The van der Waals surface area contributed by atoms with E-state index in [1.54, 1.807) is 0 Å². The van der Waals surface area contributed by atoms with Gasteiger partial charge in [0.25, 0.3) is 0 Å². The Hall–Kier alpha value is -0.160. The van der Waals surface area contributed by atoms with Gasteiger partial charge in [-0.3, -0.25) is 0 Å². The first-order valence-corrected chi connectivity index (χ1v) is 10.3. The third-order valence-electron chi connectivity index (χ3n) is 4.75. The van der Waals surface area contributed by atoms with E-state index < -0.39 is 0 Å². The molecule has 1 unspecified atom stereocenters. The summed E-state index contributed by atoms with van der Waals surface area (Å²) in [5.41, 5.74) is 0. The van der Waals surface area contributed by atoms with Crippen LogP contribution in [-0.2, 0) is 9.47 Å². The molecule has 0 radical (unpaired) electrons. The smallest absolute Gasteiger partial charge is 0.0503 e. The zero-order valence-corrected chi connectivity index (χ0v) is 16.8. The monoisotopic (exact) mass is 342 g/mol. The van der Waals surface area contributed by atoms with Gasteiger partial charge in [-0.05, 0) is 77.5 Å². The number of likely N-dealkylation sites (tertiary alicyclic amines) is 2. The number of hydrogen-bond acceptors (Lipinski definition) is 4. The van der Waals surface area contributed by atoms with E-state index in [4.69, 9.17) is 9.47 Å². The summed E-state index contributed by atoms with van der Waals surface area (Å²) in [6, 6.07) is 0. The Labute approximate surface area is 150 Å². The lowest BCUT2D eigenvalue weighted by Crippen LogP contribution is -2.27. The van der Waals surface area contributed by atoms with Gasteiger partial charge >= 0.3 is 0 Å². The van der Waals surface area contributed by atoms with Crippen LogP contribution in [0.1, 0.15) is 53.4 Å². The standard InChI is InChI=1S/2C10H21NO/c2*1-3-12-9-10(2)8-11-6-4-5-7-11/h2*10H,3-9H2,1-2H3/t10-;/m1./s1. The van der Waals surface area contributed by atoms with Crippen molar-refractivity contribution < 1.29 is 9.47 Å². The molecule has 2 saturated heterocycles. The molecule has 0 aromatic carbocycles. The lowest BCUT2D eigenvalue weighted by Gasteiger charge is -2.19. The van der Waals surface area contributed by atoms with Gasteiger partial charge in [-0.1, -0.05) is 13.8 Å². The van der Waals surface area contributed by atoms with E-state index in [2.05, 4.69) is 37.5 Å². The first-order valence-electron chi connectivity index (χ1n) is 10.3. The third-order valence-corrected chi connectivity index (χ3v) is 4.75. The lowest BCUT2D eigenvalue weighted by atomic mass is 10.2. The summed E-state index contributed by atoms with van der Waals surface area (Å²) >= 11 is 0. The molecule has 2 atom stereocenters. The van der Waals surface area contributed by atoms with Gasteiger partial charge < -0.3 is 19.3 Å². The molecule has 0 aromatic heterocycles. The molecule has 0 aliphatic carbocycles. The first kappa shape index (κ1) is 21.9. The van der Waals surface area contributed by atoms with Crippen LogP contribution in [-0.4, -0.2) is 75.5 Å². The maximum absolute atomic E-state index is 5.38. The van der Waals surface area contributed by atoms with E-state index in [1.165, 1.54) is 65.0 Å². The largest absolute Gasteiger partial charge is 0.381 e. The third kappa shape index (κ3) is 10.7. The SMILES string of the molecule is CCOCC(C)CN1CCCC1.CCOC[C@H](C)CN1CCCC1. The van der Waals surface area contributed by atoms with Crippen molar-refractivity contribution in [3.63, 3.8) is 0 Å². The minimum atomic E-state index is 0.697. The molecule has 0 amide bonds. The van der Waals surface area contributed by atoms with Crippen LogP contribution in [0, 0.1) is 11.8 Å². The van der Waals surface area contributed by atoms with E-state index in [0.29, 0.717) is 11.8 Å². The molecule has 144 valence electrons. The summed E-state index contributed by atoms with van der Waals surface area (Å²) in [6.07, 6.45) is 5.56. The normalized spacial score (nSPS) is 21.5. The fourth-order valence-electron chi connectivity index (χ4n) is 3.56. The van der Waals surface area contributed by atoms with Gasteiger partial charge in [0.1, 0.15) is 0 Å². The Bertz CT molecular complexity index is 249. The van der Waals surface area contributed by atoms with Crippen LogP contribution in [0.2, 0.25) is 0 Å². The highest BCUT2D eigenvalue weighted by atomic mass is 16.5. The van der Waals surface area contributed by atoms with Crippen LogP contribution in [0.15, 0.2) is 0 Å². The molecular formula is C20H42N2O2. The molecule has 2 fully saturated rings. The van der Waals surface area contributed by atoms with Crippen LogP contribution >= 0.6 is 0 Å². The van der Waals surface area contributed by atoms with Crippen molar-refractivity contribution in [2.45, 2.75) is 53.4 Å². The minimum absolute atomic E-state index is 0.697. The summed E-state index contributed by atoms with van der Waals surface area (Å²) in [5, 5.41) is 0. The zero-order valence-electron chi connectivity index (χ0n) is 16.8. The average Bonchev–Trinajstić information content (AvgIpc) is 3.25. The summed E-state index contributed by atoms with van der Waals surface area (Å²) in [5.74, 6) is 1.39. The highest BCUT2D eigenvalue weighted by molar-refractivity contribution is 4.69. The predicted molar refractivity (Wildman–Crippen MR) is 103 cm³/mol. The Balaban J connectivity index is 0.000000240. The molecular weight excluding hydrogens is 300 g/mol. The molecule has 4 nitrogen and oxygen atoms in total. The van der Waals surface area contributed by atoms with Gasteiger partial charge in [-0.25, -0.2) is 0 Å². The van der Waals surface area contributed by atoms with Crippen molar-refractivity contribution in [3.8, 4) is 0 Å². The molecule has 4 heteroatoms. The predicted octanol–water partition coefficient (Wildman–Crippen LogP) is 3.51. The van der Waals surface area contributed by atoms with E-state index in [0.717, 1.165) is 26.4 Å². The number of hydrogen-bond donors (Lipinski definition) is 0. The van der Waals surface area contributed by atoms with Crippen LogP contribution in [0.5, 0.6) is 0 Å². The van der Waals surface area contributed by atoms with Gasteiger partial charge in [-0.15, -0.1) is 0 Å². The Morgan fingerprint density at radius 1 is 0.667 bits per heavy atom. The molecule has 2 heterocycles. The maximum Gasteiger partial charge on any atom is 0.0503 e. The highest BCUT2D eigenvalue weighted by Gasteiger charge is 2.15. The fraction of sp³-hybridized carbons (Fsp3) is 1.00. The number of ether oxygens (including phenoxy) is 2. The fourth-order valence-corrected chi connectivity index (χ4v) is 3.56. The average molecular weight is 343 g/mol. The van der Waals surface area contributed by atoms with Gasteiger partial charge in [-0.2, -0.15) is 0 Å². The Morgan fingerprint density at radius 3 is 1.29 bits per heavy atom. The Kier molecular flexibility index (Phi) is 12.8. The molecule has 2 aliphatic heterocycles. The molecule has 0 bridgehead atoms. The second-order valence-corrected chi connectivity index (χ2v) is 7.54. The lowest BCUT2D eigenvalue weighted by molar-refractivity contribution is 0.101. The summed E-state index contributed by atoms with van der Waals surface area (Å²) in [7, 11) is 0. The van der Waals surface area contributed by atoms with Gasteiger partial charge in [0, 0.05) is 26.3 Å². The van der Waals surface area contributed by atoms with E-state index in [1.807, 2.05) is 0 Å². The molecule has 0 aromatic rings. The van der Waals surface area contributed by atoms with Crippen LogP contribution < -0.4 is 0 Å². The summed E-state index contributed by atoms with van der Waals surface area (Å²) in [4.78, 5) is 5.09. The van der Waals surface area contributed by atoms with Crippen molar-refractivity contribution >= 4 is 0 Å². The molecule has 2 rings (SSSR count). The van der Waals surface area contributed by atoms with E-state index >= 15 is 0 Å². The minimum Gasteiger partial charge on any atom is -0.381 e. The molecule has 0 N–H and O–H groups in total. The topological polar surface area (TPSA) is 24.9 Å². The zero-order chi connectivity index (χ0) is 17.6. The van der Waals surface area contributed by atoms with Gasteiger partial charge in [0.15, 0.2) is 0 Å².